The van der Waals surface area contributed by atoms with Crippen molar-refractivity contribution in [3.8, 4) is 11.5 Å². The quantitative estimate of drug-likeness (QED) is 0.768. The zero-order valence-electron chi connectivity index (χ0n) is 7.45. The number of rotatable bonds is 3. The SMILES string of the molecule is COc1cc(F)cc(O)c1CC(=O)O. The van der Waals surface area contributed by atoms with E-state index in [4.69, 9.17) is 9.84 Å². The van der Waals surface area contributed by atoms with Crippen LogP contribution in [0, 0.1) is 5.82 Å². The highest BCUT2D eigenvalue weighted by atomic mass is 19.1. The molecule has 1 aromatic rings. The molecule has 0 atom stereocenters. The van der Waals surface area contributed by atoms with Gasteiger partial charge in [0.25, 0.3) is 0 Å². The minimum atomic E-state index is -1.12. The summed E-state index contributed by atoms with van der Waals surface area (Å²) < 4.78 is 17.5. The van der Waals surface area contributed by atoms with Crippen LogP contribution < -0.4 is 4.74 Å². The summed E-state index contributed by atoms with van der Waals surface area (Å²) in [4.78, 5) is 10.4. The first-order valence-electron chi connectivity index (χ1n) is 3.81. The van der Waals surface area contributed by atoms with Crippen LogP contribution in [-0.2, 0) is 11.2 Å². The molecule has 0 amide bonds. The molecule has 4 nitrogen and oxygen atoms in total. The second-order valence-corrected chi connectivity index (χ2v) is 2.68. The number of aliphatic carboxylic acids is 1. The Morgan fingerprint density at radius 2 is 2.21 bits per heavy atom. The maximum atomic E-state index is 12.7. The summed E-state index contributed by atoms with van der Waals surface area (Å²) in [6.45, 7) is 0. The van der Waals surface area contributed by atoms with Gasteiger partial charge in [-0.3, -0.25) is 4.79 Å². The van der Waals surface area contributed by atoms with Gasteiger partial charge in [-0.15, -0.1) is 0 Å². The van der Waals surface area contributed by atoms with E-state index in [1.807, 2.05) is 0 Å². The zero-order valence-corrected chi connectivity index (χ0v) is 7.45. The van der Waals surface area contributed by atoms with Crippen molar-refractivity contribution in [2.75, 3.05) is 7.11 Å². The highest BCUT2D eigenvalue weighted by Crippen LogP contribution is 2.29. The Balaban J connectivity index is 3.18. The number of benzene rings is 1. The smallest absolute Gasteiger partial charge is 0.308 e. The highest BCUT2D eigenvalue weighted by Gasteiger charge is 2.14. The largest absolute Gasteiger partial charge is 0.507 e. The number of carboxylic acids is 1. The lowest BCUT2D eigenvalue weighted by Crippen LogP contribution is -2.03. The van der Waals surface area contributed by atoms with Crippen molar-refractivity contribution in [2.24, 2.45) is 0 Å². The standard InChI is InChI=1S/C9H9FO4/c1-14-8-3-5(10)2-7(11)6(8)4-9(12)13/h2-3,11H,4H2,1H3,(H,12,13). The number of aromatic hydroxyl groups is 1. The molecule has 1 aromatic carbocycles. The van der Waals surface area contributed by atoms with Crippen molar-refractivity contribution >= 4 is 5.97 Å². The Labute approximate surface area is 79.6 Å². The van der Waals surface area contributed by atoms with Crippen molar-refractivity contribution in [2.45, 2.75) is 6.42 Å². The average Bonchev–Trinajstić information content (AvgIpc) is 2.08. The molecule has 5 heteroatoms. The highest BCUT2D eigenvalue weighted by molar-refractivity contribution is 5.72. The lowest BCUT2D eigenvalue weighted by molar-refractivity contribution is -0.136. The molecular weight excluding hydrogens is 191 g/mol. The minimum absolute atomic E-state index is 0.0323. The van der Waals surface area contributed by atoms with Crippen LogP contribution in [-0.4, -0.2) is 23.3 Å². The first-order chi connectivity index (χ1) is 6.54. The molecule has 0 bridgehead atoms. The third-order valence-electron chi connectivity index (χ3n) is 1.70. The van der Waals surface area contributed by atoms with E-state index in [0.717, 1.165) is 12.1 Å². The topological polar surface area (TPSA) is 66.8 Å². The van der Waals surface area contributed by atoms with E-state index >= 15 is 0 Å². The molecule has 0 fully saturated rings. The maximum Gasteiger partial charge on any atom is 0.308 e. The molecule has 0 radical (unpaired) electrons. The summed E-state index contributed by atoms with van der Waals surface area (Å²) in [5.41, 5.74) is 0.0707. The number of carbonyl (C=O) groups is 1. The Bertz CT molecular complexity index is 362. The molecule has 0 aromatic heterocycles. The molecule has 0 aliphatic rings. The van der Waals surface area contributed by atoms with Gasteiger partial charge in [0.1, 0.15) is 17.3 Å². The zero-order chi connectivity index (χ0) is 10.7. The van der Waals surface area contributed by atoms with Crippen molar-refractivity contribution < 1.29 is 24.1 Å². The second-order valence-electron chi connectivity index (χ2n) is 2.68. The van der Waals surface area contributed by atoms with E-state index in [0.29, 0.717) is 0 Å². The summed E-state index contributed by atoms with van der Waals surface area (Å²) in [7, 11) is 1.28. The summed E-state index contributed by atoms with van der Waals surface area (Å²) in [5, 5.41) is 17.8. The van der Waals surface area contributed by atoms with E-state index < -0.39 is 24.0 Å². The van der Waals surface area contributed by atoms with Crippen LogP contribution >= 0.6 is 0 Å². The van der Waals surface area contributed by atoms with Crippen LogP contribution in [0.15, 0.2) is 12.1 Å². The van der Waals surface area contributed by atoms with Crippen LogP contribution in [0.2, 0.25) is 0 Å². The normalized spacial score (nSPS) is 9.86. The minimum Gasteiger partial charge on any atom is -0.507 e. The van der Waals surface area contributed by atoms with Crippen LogP contribution in [0.3, 0.4) is 0 Å². The van der Waals surface area contributed by atoms with Crippen molar-refractivity contribution in [3.63, 3.8) is 0 Å². The predicted molar refractivity (Wildman–Crippen MR) is 46.0 cm³/mol. The summed E-state index contributed by atoms with van der Waals surface area (Å²) >= 11 is 0. The molecule has 1 rings (SSSR count). The second kappa shape index (κ2) is 3.95. The Kier molecular flexibility index (Phi) is 2.91. The van der Waals surface area contributed by atoms with Crippen LogP contribution in [0.1, 0.15) is 5.56 Å². The van der Waals surface area contributed by atoms with E-state index in [-0.39, 0.29) is 11.3 Å². The molecule has 0 aliphatic carbocycles. The number of hydrogen-bond acceptors (Lipinski definition) is 3. The number of ether oxygens (including phenoxy) is 1. The summed E-state index contributed by atoms with van der Waals surface area (Å²) in [5.74, 6) is -2.17. The fraction of sp³-hybridized carbons (Fsp3) is 0.222. The van der Waals surface area contributed by atoms with Gasteiger partial charge in [-0.1, -0.05) is 0 Å². The average molecular weight is 200 g/mol. The number of methoxy groups -OCH3 is 1. The van der Waals surface area contributed by atoms with E-state index in [2.05, 4.69) is 0 Å². The number of carboxylic acid groups (broad SMARTS) is 1. The van der Waals surface area contributed by atoms with Crippen molar-refractivity contribution in [1.29, 1.82) is 0 Å². The van der Waals surface area contributed by atoms with Gasteiger partial charge in [0.05, 0.1) is 13.5 Å². The maximum absolute atomic E-state index is 12.7. The third-order valence-corrected chi connectivity index (χ3v) is 1.70. The van der Waals surface area contributed by atoms with Gasteiger partial charge in [-0.2, -0.15) is 0 Å². The number of hydrogen-bond donors (Lipinski definition) is 2. The van der Waals surface area contributed by atoms with E-state index in [1.165, 1.54) is 7.11 Å². The van der Waals surface area contributed by atoms with Crippen molar-refractivity contribution in [3.05, 3.63) is 23.5 Å². The Hall–Kier alpha value is -1.78. The molecule has 14 heavy (non-hydrogen) atoms. The number of phenols is 1. The molecule has 0 unspecified atom stereocenters. The van der Waals surface area contributed by atoms with Crippen LogP contribution in [0.25, 0.3) is 0 Å². The molecule has 0 heterocycles. The predicted octanol–water partition coefficient (Wildman–Crippen LogP) is 1.17. The fourth-order valence-electron chi connectivity index (χ4n) is 1.11. The van der Waals surface area contributed by atoms with Gasteiger partial charge in [-0.05, 0) is 0 Å². The van der Waals surface area contributed by atoms with Crippen molar-refractivity contribution in [1.82, 2.24) is 0 Å². The summed E-state index contributed by atoms with van der Waals surface area (Å²) in [6.07, 6.45) is -0.407. The van der Waals surface area contributed by atoms with E-state index in [1.54, 1.807) is 0 Å². The number of phenolic OH excluding ortho intramolecular Hbond substituents is 1. The monoisotopic (exact) mass is 200 g/mol. The molecular formula is C9H9FO4. The molecule has 0 aliphatic heterocycles. The fourth-order valence-corrected chi connectivity index (χ4v) is 1.11. The van der Waals surface area contributed by atoms with E-state index in [9.17, 15) is 14.3 Å². The first-order valence-corrected chi connectivity index (χ1v) is 3.81. The third kappa shape index (κ3) is 2.12. The Morgan fingerprint density at radius 3 is 2.71 bits per heavy atom. The van der Waals surface area contributed by atoms with Gasteiger partial charge in [0, 0.05) is 17.7 Å². The first kappa shape index (κ1) is 10.3. The van der Waals surface area contributed by atoms with Gasteiger partial charge in [-0.25, -0.2) is 4.39 Å². The van der Waals surface area contributed by atoms with Crippen LogP contribution in [0.5, 0.6) is 11.5 Å². The van der Waals surface area contributed by atoms with Gasteiger partial charge < -0.3 is 14.9 Å². The molecule has 0 spiro atoms. The lowest BCUT2D eigenvalue weighted by Gasteiger charge is -2.08. The van der Waals surface area contributed by atoms with Crippen LogP contribution in [0.4, 0.5) is 4.39 Å². The Morgan fingerprint density at radius 1 is 1.57 bits per heavy atom. The number of halogens is 1. The molecule has 0 saturated heterocycles. The molecule has 76 valence electrons. The van der Waals surface area contributed by atoms with Gasteiger partial charge >= 0.3 is 5.97 Å². The van der Waals surface area contributed by atoms with Gasteiger partial charge in [0.2, 0.25) is 0 Å². The molecule has 0 saturated carbocycles. The lowest BCUT2D eigenvalue weighted by atomic mass is 10.1. The summed E-state index contributed by atoms with van der Waals surface area (Å²) in [6, 6.07) is 1.87. The molecule has 2 N–H and O–H groups in total. The van der Waals surface area contributed by atoms with Gasteiger partial charge in [0.15, 0.2) is 0 Å².